The summed E-state index contributed by atoms with van der Waals surface area (Å²) in [6.45, 7) is 0.839. The first kappa shape index (κ1) is 14.2. The van der Waals surface area contributed by atoms with Crippen LogP contribution in [0.2, 0.25) is 0 Å². The van der Waals surface area contributed by atoms with Crippen LogP contribution in [0.25, 0.3) is 0 Å². The molecule has 0 spiro atoms. The van der Waals surface area contributed by atoms with Gasteiger partial charge in [-0.2, -0.15) is 4.98 Å². The van der Waals surface area contributed by atoms with Crippen molar-refractivity contribution in [3.8, 4) is 0 Å². The van der Waals surface area contributed by atoms with Crippen molar-refractivity contribution in [2.24, 2.45) is 5.73 Å². The molecule has 112 valence electrons. The molecule has 2 aromatic rings. The first-order chi connectivity index (χ1) is 10.3. The summed E-state index contributed by atoms with van der Waals surface area (Å²) in [7, 11) is 0. The van der Waals surface area contributed by atoms with Gasteiger partial charge in [0.1, 0.15) is 0 Å². The molecule has 21 heavy (non-hydrogen) atoms. The molecule has 1 aromatic heterocycles. The molecule has 1 aromatic carbocycles. The lowest BCUT2D eigenvalue weighted by Gasteiger charge is -2.06. The van der Waals surface area contributed by atoms with E-state index in [1.165, 1.54) is 5.56 Å². The van der Waals surface area contributed by atoms with Crippen molar-refractivity contribution in [1.29, 1.82) is 0 Å². The number of aromatic nitrogens is 2. The van der Waals surface area contributed by atoms with Gasteiger partial charge in [0.25, 0.3) is 0 Å². The van der Waals surface area contributed by atoms with Crippen molar-refractivity contribution < 1.29 is 9.26 Å². The van der Waals surface area contributed by atoms with E-state index in [-0.39, 0.29) is 12.1 Å². The molecule has 0 saturated carbocycles. The monoisotopic (exact) mass is 287 g/mol. The van der Waals surface area contributed by atoms with E-state index < -0.39 is 0 Å². The Morgan fingerprint density at radius 1 is 1.29 bits per heavy atom. The maximum absolute atomic E-state index is 6.14. The standard InChI is InChI=1S/C16H21N3O2/c17-14(9-8-12-5-2-1-3-6-12)16-18-15(19-21-16)11-13-7-4-10-20-13/h1-3,5-6,13-14H,4,7-11,17H2/t13?,14-/m0/s1. The second-order valence-electron chi connectivity index (χ2n) is 5.52. The number of aryl methyl sites for hydroxylation is 1. The van der Waals surface area contributed by atoms with Crippen molar-refractivity contribution in [2.75, 3.05) is 6.61 Å². The van der Waals surface area contributed by atoms with Crippen molar-refractivity contribution in [3.63, 3.8) is 0 Å². The SMILES string of the molecule is N[C@@H](CCc1ccccc1)c1nc(CC2CCCO2)no1. The van der Waals surface area contributed by atoms with Gasteiger partial charge in [0.2, 0.25) is 5.89 Å². The van der Waals surface area contributed by atoms with Crippen molar-refractivity contribution in [2.45, 2.75) is 44.2 Å². The fraction of sp³-hybridized carbons (Fsp3) is 0.500. The van der Waals surface area contributed by atoms with Crippen molar-refractivity contribution in [3.05, 3.63) is 47.6 Å². The number of ether oxygens (including phenoxy) is 1. The van der Waals surface area contributed by atoms with Gasteiger partial charge >= 0.3 is 0 Å². The second kappa shape index (κ2) is 6.83. The highest BCUT2D eigenvalue weighted by molar-refractivity contribution is 5.15. The van der Waals surface area contributed by atoms with Gasteiger partial charge in [-0.1, -0.05) is 35.5 Å². The molecule has 1 aliphatic rings. The Balaban J connectivity index is 1.52. The van der Waals surface area contributed by atoms with Gasteiger partial charge in [0, 0.05) is 13.0 Å². The number of hydrogen-bond acceptors (Lipinski definition) is 5. The van der Waals surface area contributed by atoms with Crippen LogP contribution in [-0.2, 0) is 17.6 Å². The smallest absolute Gasteiger partial charge is 0.243 e. The summed E-state index contributed by atoms with van der Waals surface area (Å²) in [5.74, 6) is 1.23. The summed E-state index contributed by atoms with van der Waals surface area (Å²) in [6.07, 6.45) is 4.85. The predicted octanol–water partition coefficient (Wildman–Crippen LogP) is 2.42. The van der Waals surface area contributed by atoms with E-state index in [0.717, 1.165) is 38.7 Å². The first-order valence-electron chi connectivity index (χ1n) is 7.55. The number of benzene rings is 1. The normalized spacial score (nSPS) is 19.8. The van der Waals surface area contributed by atoms with Gasteiger partial charge in [-0.3, -0.25) is 0 Å². The summed E-state index contributed by atoms with van der Waals surface area (Å²) >= 11 is 0. The van der Waals surface area contributed by atoms with E-state index in [0.29, 0.717) is 11.7 Å². The zero-order valence-electron chi connectivity index (χ0n) is 12.1. The molecule has 0 radical (unpaired) electrons. The lowest BCUT2D eigenvalue weighted by atomic mass is 10.1. The Morgan fingerprint density at radius 2 is 2.14 bits per heavy atom. The van der Waals surface area contributed by atoms with Gasteiger partial charge in [-0.05, 0) is 31.2 Å². The number of rotatable bonds is 6. The third kappa shape index (κ3) is 3.89. The third-order valence-electron chi connectivity index (χ3n) is 3.82. The van der Waals surface area contributed by atoms with E-state index in [4.69, 9.17) is 15.0 Å². The Labute approximate surface area is 124 Å². The molecule has 1 aliphatic heterocycles. The van der Waals surface area contributed by atoms with Crippen LogP contribution in [0.4, 0.5) is 0 Å². The van der Waals surface area contributed by atoms with E-state index in [1.54, 1.807) is 0 Å². The zero-order valence-corrected chi connectivity index (χ0v) is 12.1. The largest absolute Gasteiger partial charge is 0.378 e. The molecule has 1 fully saturated rings. The minimum absolute atomic E-state index is 0.212. The minimum Gasteiger partial charge on any atom is -0.378 e. The molecule has 1 saturated heterocycles. The maximum atomic E-state index is 6.14. The fourth-order valence-electron chi connectivity index (χ4n) is 2.60. The van der Waals surface area contributed by atoms with Crippen molar-refractivity contribution in [1.82, 2.24) is 10.1 Å². The van der Waals surface area contributed by atoms with Crippen LogP contribution in [0.5, 0.6) is 0 Å². The Morgan fingerprint density at radius 3 is 2.90 bits per heavy atom. The molecular weight excluding hydrogens is 266 g/mol. The molecule has 1 unspecified atom stereocenters. The Hall–Kier alpha value is -1.72. The van der Waals surface area contributed by atoms with Gasteiger partial charge < -0.3 is 15.0 Å². The van der Waals surface area contributed by atoms with E-state index in [2.05, 4.69) is 22.3 Å². The summed E-state index contributed by atoms with van der Waals surface area (Å²) in [4.78, 5) is 4.40. The average molecular weight is 287 g/mol. The quantitative estimate of drug-likeness (QED) is 0.883. The molecular formula is C16H21N3O2. The number of nitrogens with zero attached hydrogens (tertiary/aromatic N) is 2. The lowest BCUT2D eigenvalue weighted by Crippen LogP contribution is -2.13. The molecule has 0 aliphatic carbocycles. The molecule has 0 bridgehead atoms. The predicted molar refractivity (Wildman–Crippen MR) is 78.7 cm³/mol. The van der Waals surface area contributed by atoms with E-state index in [1.807, 2.05) is 18.2 Å². The Bertz CT molecular complexity index is 550. The molecule has 5 nitrogen and oxygen atoms in total. The summed E-state index contributed by atoms with van der Waals surface area (Å²) in [5.41, 5.74) is 7.41. The summed E-state index contributed by atoms with van der Waals surface area (Å²) in [6, 6.07) is 10.1. The van der Waals surface area contributed by atoms with Crippen LogP contribution < -0.4 is 5.73 Å². The highest BCUT2D eigenvalue weighted by Crippen LogP contribution is 2.18. The molecule has 2 N–H and O–H groups in total. The highest BCUT2D eigenvalue weighted by atomic mass is 16.5. The van der Waals surface area contributed by atoms with E-state index in [9.17, 15) is 0 Å². The Kier molecular flexibility index (Phi) is 4.62. The zero-order chi connectivity index (χ0) is 14.5. The third-order valence-corrected chi connectivity index (χ3v) is 3.82. The second-order valence-corrected chi connectivity index (χ2v) is 5.52. The van der Waals surface area contributed by atoms with E-state index >= 15 is 0 Å². The van der Waals surface area contributed by atoms with Gasteiger partial charge in [-0.25, -0.2) is 0 Å². The molecule has 5 heteroatoms. The van der Waals surface area contributed by atoms with Gasteiger partial charge in [-0.15, -0.1) is 0 Å². The first-order valence-corrected chi connectivity index (χ1v) is 7.55. The summed E-state index contributed by atoms with van der Waals surface area (Å²) in [5, 5.41) is 4.01. The topological polar surface area (TPSA) is 74.2 Å². The average Bonchev–Trinajstić information content (AvgIpc) is 3.18. The van der Waals surface area contributed by atoms with Crippen LogP contribution >= 0.6 is 0 Å². The summed E-state index contributed by atoms with van der Waals surface area (Å²) < 4.78 is 10.9. The van der Waals surface area contributed by atoms with Gasteiger partial charge in [0.15, 0.2) is 5.82 Å². The van der Waals surface area contributed by atoms with Crippen LogP contribution in [0.3, 0.4) is 0 Å². The maximum Gasteiger partial charge on any atom is 0.243 e. The minimum atomic E-state index is -0.212. The fourth-order valence-corrected chi connectivity index (χ4v) is 2.60. The molecule has 2 heterocycles. The van der Waals surface area contributed by atoms with Gasteiger partial charge in [0.05, 0.1) is 12.1 Å². The number of hydrogen-bond donors (Lipinski definition) is 1. The highest BCUT2D eigenvalue weighted by Gasteiger charge is 2.20. The van der Waals surface area contributed by atoms with Crippen molar-refractivity contribution >= 4 is 0 Å². The molecule has 2 atom stereocenters. The van der Waals surface area contributed by atoms with Crippen LogP contribution in [0.1, 0.15) is 42.6 Å². The lowest BCUT2D eigenvalue weighted by molar-refractivity contribution is 0.109. The van der Waals surface area contributed by atoms with Crippen LogP contribution in [-0.4, -0.2) is 22.9 Å². The molecule has 0 amide bonds. The molecule has 3 rings (SSSR count). The van der Waals surface area contributed by atoms with Crippen LogP contribution in [0.15, 0.2) is 34.9 Å². The van der Waals surface area contributed by atoms with Crippen LogP contribution in [0, 0.1) is 0 Å². The number of nitrogens with two attached hydrogens (primary N) is 1.